The summed E-state index contributed by atoms with van der Waals surface area (Å²) in [4.78, 5) is 29.4. The third-order valence-electron chi connectivity index (χ3n) is 4.28. The highest BCUT2D eigenvalue weighted by atomic mass is 16.7. The van der Waals surface area contributed by atoms with Gasteiger partial charge in [0.25, 0.3) is 0 Å². The summed E-state index contributed by atoms with van der Waals surface area (Å²) in [6.45, 7) is 6.77. The van der Waals surface area contributed by atoms with Gasteiger partial charge in [0.15, 0.2) is 5.60 Å². The maximum Gasteiger partial charge on any atom is 0.338 e. The molecule has 0 spiro atoms. The standard InChI is InChI=1S/C23H30N2O5/c1-22(2,3)30-25(17-26)24(16-23(4,28)21(27)29-5)15-18-11-13-20(14-12-18)19-9-7-6-8-10-19/h6-14,17,28H,15-16H2,1-5H3. The van der Waals surface area contributed by atoms with Crippen LogP contribution in [0.3, 0.4) is 0 Å². The first kappa shape index (κ1) is 23.5. The van der Waals surface area contributed by atoms with Crippen molar-refractivity contribution in [3.8, 4) is 11.1 Å². The van der Waals surface area contributed by atoms with Gasteiger partial charge in [0.05, 0.1) is 19.3 Å². The lowest BCUT2D eigenvalue weighted by atomic mass is 10.0. The monoisotopic (exact) mass is 414 g/mol. The molecule has 1 atom stereocenters. The Morgan fingerprint density at radius 3 is 2.07 bits per heavy atom. The minimum atomic E-state index is -1.83. The molecular formula is C23H30N2O5. The predicted molar refractivity (Wildman–Crippen MR) is 114 cm³/mol. The zero-order valence-corrected chi connectivity index (χ0v) is 18.2. The molecule has 0 aliphatic rings. The number of esters is 1. The molecule has 0 aromatic heterocycles. The molecule has 0 aliphatic carbocycles. The summed E-state index contributed by atoms with van der Waals surface area (Å²) >= 11 is 0. The van der Waals surface area contributed by atoms with Gasteiger partial charge >= 0.3 is 5.97 Å². The Morgan fingerprint density at radius 1 is 1.00 bits per heavy atom. The number of rotatable bonds is 9. The van der Waals surface area contributed by atoms with E-state index in [1.807, 2.05) is 54.6 Å². The van der Waals surface area contributed by atoms with Gasteiger partial charge in [0.2, 0.25) is 6.41 Å². The highest BCUT2D eigenvalue weighted by Gasteiger charge is 2.36. The fourth-order valence-electron chi connectivity index (χ4n) is 2.91. The topological polar surface area (TPSA) is 79.3 Å². The zero-order valence-electron chi connectivity index (χ0n) is 18.2. The SMILES string of the molecule is COC(=O)C(C)(O)CN(Cc1ccc(-c2ccccc2)cc1)N(C=O)OC(C)(C)C. The third-order valence-corrected chi connectivity index (χ3v) is 4.28. The molecule has 0 saturated heterocycles. The van der Waals surface area contributed by atoms with E-state index in [0.29, 0.717) is 6.41 Å². The van der Waals surface area contributed by atoms with E-state index in [1.165, 1.54) is 19.0 Å². The van der Waals surface area contributed by atoms with Gasteiger partial charge < -0.3 is 9.84 Å². The fraction of sp³-hybridized carbons (Fsp3) is 0.391. The number of ether oxygens (including phenoxy) is 1. The van der Waals surface area contributed by atoms with Crippen molar-refractivity contribution < 1.29 is 24.3 Å². The van der Waals surface area contributed by atoms with Gasteiger partial charge in [0, 0.05) is 6.54 Å². The number of hydrazine groups is 1. The van der Waals surface area contributed by atoms with Crippen LogP contribution in [0.15, 0.2) is 54.6 Å². The van der Waals surface area contributed by atoms with E-state index in [4.69, 9.17) is 4.84 Å². The van der Waals surface area contributed by atoms with Crippen molar-refractivity contribution in [3.05, 3.63) is 60.2 Å². The van der Waals surface area contributed by atoms with Crippen LogP contribution < -0.4 is 0 Å². The Bertz CT molecular complexity index is 829. The quantitative estimate of drug-likeness (QED) is 0.386. The lowest BCUT2D eigenvalue weighted by Gasteiger charge is -2.37. The molecule has 7 heteroatoms. The number of carbonyl (C=O) groups excluding carboxylic acids is 2. The number of carbonyl (C=O) groups is 2. The minimum Gasteiger partial charge on any atom is -0.467 e. The van der Waals surface area contributed by atoms with Gasteiger partial charge in [-0.25, -0.2) is 9.63 Å². The van der Waals surface area contributed by atoms with Crippen molar-refractivity contribution in [2.45, 2.75) is 45.4 Å². The average Bonchev–Trinajstić information content (AvgIpc) is 2.71. The Balaban J connectivity index is 2.27. The molecule has 0 radical (unpaired) electrons. The normalized spacial score (nSPS) is 13.6. The molecule has 162 valence electrons. The van der Waals surface area contributed by atoms with Gasteiger partial charge in [-0.1, -0.05) is 54.6 Å². The largest absolute Gasteiger partial charge is 0.467 e. The van der Waals surface area contributed by atoms with Gasteiger partial charge in [-0.2, -0.15) is 5.01 Å². The van der Waals surface area contributed by atoms with E-state index in [0.717, 1.165) is 21.9 Å². The maximum absolute atomic E-state index is 12.0. The van der Waals surface area contributed by atoms with Crippen LogP contribution in [-0.2, 0) is 25.7 Å². The van der Waals surface area contributed by atoms with E-state index in [2.05, 4.69) is 4.74 Å². The molecule has 0 saturated carbocycles. The van der Waals surface area contributed by atoms with E-state index in [1.54, 1.807) is 20.8 Å². The van der Waals surface area contributed by atoms with Crippen molar-refractivity contribution in [1.29, 1.82) is 0 Å². The summed E-state index contributed by atoms with van der Waals surface area (Å²) in [5, 5.41) is 13.0. The van der Waals surface area contributed by atoms with Crippen molar-refractivity contribution in [1.82, 2.24) is 10.2 Å². The van der Waals surface area contributed by atoms with Crippen molar-refractivity contribution in [3.63, 3.8) is 0 Å². The molecule has 0 fully saturated rings. The van der Waals surface area contributed by atoms with Gasteiger partial charge in [0.1, 0.15) is 0 Å². The van der Waals surface area contributed by atoms with Gasteiger partial charge in [-0.3, -0.25) is 4.79 Å². The number of nitrogens with zero attached hydrogens (tertiary/aromatic N) is 2. The minimum absolute atomic E-state index is 0.199. The first-order valence-corrected chi connectivity index (χ1v) is 9.69. The first-order valence-electron chi connectivity index (χ1n) is 9.69. The number of benzene rings is 2. The summed E-state index contributed by atoms with van der Waals surface area (Å²) in [6, 6.07) is 17.8. The molecular weight excluding hydrogens is 384 g/mol. The number of hydrogen-bond acceptors (Lipinski definition) is 6. The van der Waals surface area contributed by atoms with Crippen LogP contribution >= 0.6 is 0 Å². The Hall–Kier alpha value is -2.74. The lowest BCUT2D eigenvalue weighted by molar-refractivity contribution is -0.309. The summed E-state index contributed by atoms with van der Waals surface area (Å²) < 4.78 is 4.68. The molecule has 0 bridgehead atoms. The second-order valence-corrected chi connectivity index (χ2v) is 8.26. The molecule has 0 aliphatic heterocycles. The summed E-state index contributed by atoms with van der Waals surface area (Å²) in [7, 11) is 1.20. The van der Waals surface area contributed by atoms with Crippen molar-refractivity contribution >= 4 is 12.4 Å². The molecule has 1 N–H and O–H groups in total. The van der Waals surface area contributed by atoms with E-state index < -0.39 is 17.2 Å². The van der Waals surface area contributed by atoms with Crippen molar-refractivity contribution in [2.75, 3.05) is 13.7 Å². The molecule has 7 nitrogen and oxygen atoms in total. The zero-order chi connectivity index (χ0) is 22.4. The van der Waals surface area contributed by atoms with Crippen LogP contribution in [0.2, 0.25) is 0 Å². The Labute approximate surface area is 177 Å². The molecule has 2 aromatic rings. The number of hydroxylamine groups is 1. The van der Waals surface area contributed by atoms with Crippen LogP contribution in [0.1, 0.15) is 33.3 Å². The second kappa shape index (κ2) is 9.84. The summed E-state index contributed by atoms with van der Waals surface area (Å²) in [5.41, 5.74) is 0.541. The number of methoxy groups -OCH3 is 1. The van der Waals surface area contributed by atoms with Crippen LogP contribution in [0.4, 0.5) is 0 Å². The number of aliphatic hydroxyl groups is 1. The van der Waals surface area contributed by atoms with E-state index >= 15 is 0 Å². The highest BCUT2D eigenvalue weighted by molar-refractivity contribution is 5.78. The lowest BCUT2D eigenvalue weighted by Crippen LogP contribution is -2.54. The number of amides is 1. The van der Waals surface area contributed by atoms with Gasteiger partial charge in [-0.05, 0) is 44.4 Å². The Kier molecular flexibility index (Phi) is 7.72. The molecule has 1 unspecified atom stereocenters. The summed E-state index contributed by atoms with van der Waals surface area (Å²) in [6.07, 6.45) is 0.511. The van der Waals surface area contributed by atoms with E-state index in [9.17, 15) is 14.7 Å². The highest BCUT2D eigenvalue weighted by Crippen LogP contribution is 2.22. The summed E-state index contributed by atoms with van der Waals surface area (Å²) in [5.74, 6) is -0.798. The molecule has 1 amide bonds. The average molecular weight is 415 g/mol. The molecule has 30 heavy (non-hydrogen) atoms. The second-order valence-electron chi connectivity index (χ2n) is 8.26. The Morgan fingerprint density at radius 2 is 1.57 bits per heavy atom. The van der Waals surface area contributed by atoms with Crippen LogP contribution in [0, 0.1) is 0 Å². The fourth-order valence-corrected chi connectivity index (χ4v) is 2.91. The van der Waals surface area contributed by atoms with Crippen LogP contribution in [0.5, 0.6) is 0 Å². The number of hydrogen-bond donors (Lipinski definition) is 1. The van der Waals surface area contributed by atoms with Crippen LogP contribution in [0.25, 0.3) is 11.1 Å². The maximum atomic E-state index is 12.0. The van der Waals surface area contributed by atoms with Crippen molar-refractivity contribution in [2.24, 2.45) is 0 Å². The van der Waals surface area contributed by atoms with E-state index in [-0.39, 0.29) is 13.1 Å². The third kappa shape index (κ3) is 6.66. The molecule has 2 rings (SSSR count). The predicted octanol–water partition coefficient (Wildman–Crippen LogP) is 3.18. The first-order chi connectivity index (χ1) is 14.1. The molecule has 0 heterocycles. The smallest absolute Gasteiger partial charge is 0.338 e. The van der Waals surface area contributed by atoms with Crippen LogP contribution in [-0.4, -0.2) is 52.5 Å². The molecule has 2 aromatic carbocycles. The van der Waals surface area contributed by atoms with Gasteiger partial charge in [-0.15, -0.1) is 5.17 Å².